The Bertz CT molecular complexity index is 1110. The van der Waals surface area contributed by atoms with E-state index in [9.17, 15) is 22.8 Å². The molecule has 0 atom stereocenters. The number of aromatic nitrogens is 2. The minimum atomic E-state index is -4.52. The normalized spacial score (nSPS) is 11.3. The van der Waals surface area contributed by atoms with Gasteiger partial charge in [0.05, 0.1) is 18.3 Å². The van der Waals surface area contributed by atoms with E-state index in [1.807, 2.05) is 13.8 Å². The van der Waals surface area contributed by atoms with Crippen LogP contribution >= 0.6 is 0 Å². The smallest absolute Gasteiger partial charge is 0.433 e. The summed E-state index contributed by atoms with van der Waals surface area (Å²) in [5.41, 5.74) is -0.326. The third-order valence-corrected chi connectivity index (χ3v) is 4.67. The van der Waals surface area contributed by atoms with Crippen molar-refractivity contribution in [3.63, 3.8) is 0 Å². The molecule has 0 fully saturated rings. The van der Waals surface area contributed by atoms with Crippen molar-refractivity contribution in [2.45, 2.75) is 20.0 Å². The van der Waals surface area contributed by atoms with Crippen LogP contribution in [0.15, 0.2) is 48.7 Å². The van der Waals surface area contributed by atoms with Crippen molar-refractivity contribution in [1.29, 1.82) is 0 Å². The van der Waals surface area contributed by atoms with Crippen LogP contribution in [-0.4, -0.2) is 46.3 Å². The molecule has 2 aromatic heterocycles. The number of hydrogen-bond acceptors (Lipinski definition) is 5. The molecule has 0 bridgehead atoms. The van der Waals surface area contributed by atoms with Crippen LogP contribution < -0.4 is 10.1 Å². The van der Waals surface area contributed by atoms with Gasteiger partial charge in [0.15, 0.2) is 0 Å². The molecular weight excluding hydrogens is 425 g/mol. The average molecular weight is 446 g/mol. The number of ether oxygens (including phenoxy) is 1. The maximum atomic E-state index is 12.6. The number of pyridine rings is 2. The molecule has 0 radical (unpaired) electrons. The first-order valence-electron chi connectivity index (χ1n) is 9.89. The lowest BCUT2D eigenvalue weighted by molar-refractivity contribution is -0.141. The monoisotopic (exact) mass is 446 g/mol. The minimum absolute atomic E-state index is 0.117. The molecule has 32 heavy (non-hydrogen) atoms. The van der Waals surface area contributed by atoms with Crippen molar-refractivity contribution in [2.24, 2.45) is 0 Å². The number of halogens is 3. The van der Waals surface area contributed by atoms with Crippen LogP contribution in [0.25, 0.3) is 10.9 Å². The van der Waals surface area contributed by atoms with Gasteiger partial charge in [0, 0.05) is 18.5 Å². The summed E-state index contributed by atoms with van der Waals surface area (Å²) in [6, 6.07) is 10.1. The lowest BCUT2D eigenvalue weighted by atomic mass is 10.2. The zero-order valence-corrected chi connectivity index (χ0v) is 17.4. The largest absolute Gasteiger partial charge is 0.456 e. The van der Waals surface area contributed by atoms with Crippen LogP contribution in [0.1, 0.15) is 30.0 Å². The zero-order chi connectivity index (χ0) is 23.3. The van der Waals surface area contributed by atoms with Gasteiger partial charge in [-0.25, -0.2) is 9.97 Å². The van der Waals surface area contributed by atoms with Gasteiger partial charge in [-0.1, -0.05) is 6.07 Å². The Morgan fingerprint density at radius 2 is 1.75 bits per heavy atom. The predicted molar refractivity (Wildman–Crippen MR) is 111 cm³/mol. The fourth-order valence-electron chi connectivity index (χ4n) is 2.97. The minimum Gasteiger partial charge on any atom is -0.456 e. The van der Waals surface area contributed by atoms with E-state index in [0.717, 1.165) is 12.3 Å². The van der Waals surface area contributed by atoms with Crippen molar-refractivity contribution >= 4 is 22.7 Å². The molecule has 2 amide bonds. The number of hydrogen-bond donors (Lipinski definition) is 1. The molecule has 0 aliphatic rings. The molecule has 0 saturated carbocycles. The Morgan fingerprint density at radius 1 is 1.03 bits per heavy atom. The summed E-state index contributed by atoms with van der Waals surface area (Å²) in [5, 5.41) is 3.23. The van der Waals surface area contributed by atoms with Crippen LogP contribution in [0.2, 0.25) is 0 Å². The first-order chi connectivity index (χ1) is 15.2. The van der Waals surface area contributed by atoms with Gasteiger partial charge in [0.2, 0.25) is 5.91 Å². The van der Waals surface area contributed by atoms with E-state index in [1.165, 1.54) is 12.1 Å². The summed E-state index contributed by atoms with van der Waals surface area (Å²) in [6.45, 7) is 4.73. The molecule has 168 valence electrons. The highest BCUT2D eigenvalue weighted by Crippen LogP contribution is 2.30. The van der Waals surface area contributed by atoms with Crippen molar-refractivity contribution < 1.29 is 27.5 Å². The predicted octanol–water partition coefficient (Wildman–Crippen LogP) is 4.04. The number of nitrogens with one attached hydrogen (secondary N) is 1. The van der Waals surface area contributed by atoms with Crippen molar-refractivity contribution in [3.05, 3.63) is 60.0 Å². The summed E-state index contributed by atoms with van der Waals surface area (Å²) >= 11 is 0. The highest BCUT2D eigenvalue weighted by Gasteiger charge is 2.32. The van der Waals surface area contributed by atoms with Gasteiger partial charge in [0.25, 0.3) is 5.91 Å². The number of benzene rings is 1. The van der Waals surface area contributed by atoms with Gasteiger partial charge in [-0.05, 0) is 50.2 Å². The first kappa shape index (κ1) is 23.0. The van der Waals surface area contributed by atoms with E-state index in [1.54, 1.807) is 29.2 Å². The Hall–Kier alpha value is -3.69. The number of carbonyl (C=O) groups excluding carboxylic acids is 2. The van der Waals surface area contributed by atoms with Crippen molar-refractivity contribution in [2.75, 3.05) is 19.6 Å². The quantitative estimate of drug-likeness (QED) is 0.592. The number of amides is 2. The Labute approximate surface area is 182 Å². The fourth-order valence-corrected chi connectivity index (χ4v) is 2.97. The van der Waals surface area contributed by atoms with E-state index in [0.29, 0.717) is 29.7 Å². The molecule has 0 unspecified atom stereocenters. The maximum Gasteiger partial charge on any atom is 0.433 e. The van der Waals surface area contributed by atoms with Crippen molar-refractivity contribution in [1.82, 2.24) is 20.2 Å². The van der Waals surface area contributed by atoms with Crippen LogP contribution in [0.3, 0.4) is 0 Å². The van der Waals surface area contributed by atoms with E-state index in [4.69, 9.17) is 4.74 Å². The maximum absolute atomic E-state index is 12.6. The Kier molecular flexibility index (Phi) is 6.92. The summed E-state index contributed by atoms with van der Waals surface area (Å²) in [5.74, 6) is -0.116. The standard InChI is InChI=1S/C22H21F3N4O3/c1-3-29(4-2)20(30)13-27-21(31)18-8-5-14-11-15(6-9-17(14)28-18)32-16-7-10-19(26-12-16)22(23,24)25/h5-12H,3-4,13H2,1-2H3,(H,27,31). The second-order valence-electron chi connectivity index (χ2n) is 6.78. The molecule has 0 saturated heterocycles. The summed E-state index contributed by atoms with van der Waals surface area (Å²) in [6.07, 6.45) is -3.52. The molecular formula is C22H21F3N4O3. The van der Waals surface area contributed by atoms with E-state index in [-0.39, 0.29) is 23.9 Å². The molecule has 10 heteroatoms. The zero-order valence-electron chi connectivity index (χ0n) is 17.4. The van der Waals surface area contributed by atoms with E-state index >= 15 is 0 Å². The average Bonchev–Trinajstić information content (AvgIpc) is 2.77. The van der Waals surface area contributed by atoms with Gasteiger partial charge < -0.3 is 15.0 Å². The number of likely N-dealkylation sites (N-methyl/N-ethyl adjacent to an activating group) is 1. The van der Waals surface area contributed by atoms with Crippen LogP contribution in [0.4, 0.5) is 13.2 Å². The number of alkyl halides is 3. The van der Waals surface area contributed by atoms with Crippen LogP contribution in [0, 0.1) is 0 Å². The highest BCUT2D eigenvalue weighted by molar-refractivity contribution is 5.97. The lowest BCUT2D eigenvalue weighted by Crippen LogP contribution is -2.40. The molecule has 0 aliphatic carbocycles. The fraction of sp³-hybridized carbons (Fsp3) is 0.273. The number of nitrogens with zero attached hydrogens (tertiary/aromatic N) is 3. The summed E-state index contributed by atoms with van der Waals surface area (Å²) < 4.78 is 43.4. The Balaban J connectivity index is 1.68. The topological polar surface area (TPSA) is 84.4 Å². The van der Waals surface area contributed by atoms with Crippen LogP contribution in [-0.2, 0) is 11.0 Å². The molecule has 0 spiro atoms. The van der Waals surface area contributed by atoms with Gasteiger partial charge in [0.1, 0.15) is 22.9 Å². The molecule has 1 N–H and O–H groups in total. The highest BCUT2D eigenvalue weighted by atomic mass is 19.4. The second kappa shape index (κ2) is 9.63. The van der Waals surface area contributed by atoms with E-state index < -0.39 is 17.8 Å². The van der Waals surface area contributed by atoms with Crippen LogP contribution in [0.5, 0.6) is 11.5 Å². The molecule has 3 rings (SSSR count). The van der Waals surface area contributed by atoms with Gasteiger partial charge in [-0.15, -0.1) is 0 Å². The SMILES string of the molecule is CCN(CC)C(=O)CNC(=O)c1ccc2cc(Oc3ccc(C(F)(F)F)nc3)ccc2n1. The molecule has 1 aromatic carbocycles. The molecule has 0 aliphatic heterocycles. The van der Waals surface area contributed by atoms with Gasteiger partial charge >= 0.3 is 6.18 Å². The molecule has 2 heterocycles. The third-order valence-electron chi connectivity index (χ3n) is 4.67. The Morgan fingerprint density at radius 3 is 2.38 bits per heavy atom. The first-order valence-corrected chi connectivity index (χ1v) is 9.89. The van der Waals surface area contributed by atoms with Gasteiger partial charge in [-0.2, -0.15) is 13.2 Å². The number of fused-ring (bicyclic) bond motifs is 1. The van der Waals surface area contributed by atoms with Gasteiger partial charge in [-0.3, -0.25) is 9.59 Å². The number of rotatable bonds is 7. The van der Waals surface area contributed by atoms with E-state index in [2.05, 4.69) is 15.3 Å². The lowest BCUT2D eigenvalue weighted by Gasteiger charge is -2.18. The number of carbonyl (C=O) groups is 2. The summed E-state index contributed by atoms with van der Waals surface area (Å²) in [4.78, 5) is 33.6. The molecule has 3 aromatic rings. The molecule has 7 nitrogen and oxygen atoms in total. The third kappa shape index (κ3) is 5.51. The second-order valence-corrected chi connectivity index (χ2v) is 6.78. The summed E-state index contributed by atoms with van der Waals surface area (Å²) in [7, 11) is 0. The van der Waals surface area contributed by atoms with Crippen molar-refractivity contribution in [3.8, 4) is 11.5 Å².